The summed E-state index contributed by atoms with van der Waals surface area (Å²) in [5, 5.41) is 10.5. The Morgan fingerprint density at radius 2 is 2.16 bits per heavy atom. The highest BCUT2D eigenvalue weighted by atomic mass is 79.9. The van der Waals surface area contributed by atoms with Crippen molar-refractivity contribution in [3.8, 4) is 11.6 Å². The van der Waals surface area contributed by atoms with E-state index >= 15 is 0 Å². The number of non-ortho nitro benzene ring substituents is 1. The van der Waals surface area contributed by atoms with E-state index < -0.39 is 10.7 Å². The van der Waals surface area contributed by atoms with E-state index in [9.17, 15) is 14.5 Å². The van der Waals surface area contributed by atoms with Gasteiger partial charge in [0.2, 0.25) is 5.88 Å². The van der Waals surface area contributed by atoms with Gasteiger partial charge in [-0.05, 0) is 28.1 Å². The van der Waals surface area contributed by atoms with Gasteiger partial charge in [-0.1, -0.05) is 0 Å². The lowest BCUT2D eigenvalue weighted by molar-refractivity contribution is -0.385. The molecule has 6 nitrogen and oxygen atoms in total. The molecule has 0 saturated heterocycles. The Morgan fingerprint density at radius 3 is 2.74 bits per heavy atom. The van der Waals surface area contributed by atoms with Crippen LogP contribution in [0.2, 0.25) is 0 Å². The first-order chi connectivity index (χ1) is 8.97. The highest BCUT2D eigenvalue weighted by Crippen LogP contribution is 2.31. The Bertz CT molecular complexity index is 651. The molecule has 0 unspecified atom stereocenters. The fourth-order valence-electron chi connectivity index (χ4n) is 1.31. The van der Waals surface area contributed by atoms with Gasteiger partial charge >= 0.3 is 0 Å². The minimum absolute atomic E-state index is 0.113. The third-order valence-corrected chi connectivity index (χ3v) is 2.73. The minimum atomic E-state index is -0.847. The fraction of sp³-hybridized carbons (Fsp3) is 0. The van der Waals surface area contributed by atoms with Crippen LogP contribution in [0.4, 0.5) is 15.8 Å². The summed E-state index contributed by atoms with van der Waals surface area (Å²) in [5.74, 6) is -0.898. The first kappa shape index (κ1) is 13.2. The molecule has 0 spiro atoms. The lowest BCUT2D eigenvalue weighted by Gasteiger charge is -2.07. The Kier molecular flexibility index (Phi) is 3.61. The van der Waals surface area contributed by atoms with Crippen LogP contribution in [-0.4, -0.2) is 9.91 Å². The van der Waals surface area contributed by atoms with Crippen molar-refractivity contribution in [2.24, 2.45) is 0 Å². The number of nitrogens with zero attached hydrogens (tertiary/aromatic N) is 2. The van der Waals surface area contributed by atoms with E-state index in [0.29, 0.717) is 10.2 Å². The van der Waals surface area contributed by atoms with Crippen LogP contribution in [-0.2, 0) is 0 Å². The van der Waals surface area contributed by atoms with E-state index in [-0.39, 0.29) is 17.3 Å². The van der Waals surface area contributed by atoms with Crippen LogP contribution in [0.3, 0.4) is 0 Å². The number of nitro benzene ring substituents is 1. The van der Waals surface area contributed by atoms with E-state index in [1.54, 1.807) is 6.07 Å². The molecule has 98 valence electrons. The molecule has 0 aliphatic rings. The molecule has 0 amide bonds. The van der Waals surface area contributed by atoms with Crippen LogP contribution in [0.1, 0.15) is 0 Å². The average molecular weight is 328 g/mol. The maximum absolute atomic E-state index is 13.6. The van der Waals surface area contributed by atoms with E-state index in [0.717, 1.165) is 18.2 Å². The molecular formula is C11H7BrFN3O3. The number of pyridine rings is 1. The van der Waals surface area contributed by atoms with Crippen molar-refractivity contribution in [3.05, 3.63) is 50.9 Å². The van der Waals surface area contributed by atoms with E-state index in [2.05, 4.69) is 20.9 Å². The summed E-state index contributed by atoms with van der Waals surface area (Å²) in [4.78, 5) is 13.7. The van der Waals surface area contributed by atoms with Crippen LogP contribution in [0.5, 0.6) is 11.6 Å². The number of hydrogen-bond donors (Lipinski definition) is 1. The van der Waals surface area contributed by atoms with Crippen LogP contribution < -0.4 is 10.5 Å². The highest BCUT2D eigenvalue weighted by Gasteiger charge is 2.14. The molecule has 0 saturated carbocycles. The van der Waals surface area contributed by atoms with Crippen molar-refractivity contribution >= 4 is 27.3 Å². The second kappa shape index (κ2) is 5.19. The maximum atomic E-state index is 13.6. The standard InChI is InChI=1S/C11H7BrFN3O3/c12-8-3-6(14)5-15-11(8)19-10-2-1-7(16(17)18)4-9(10)13/h1-5H,14H2. The third kappa shape index (κ3) is 2.97. The van der Waals surface area contributed by atoms with Crippen LogP contribution in [0.25, 0.3) is 0 Å². The molecule has 0 atom stereocenters. The van der Waals surface area contributed by atoms with E-state index in [1.165, 1.54) is 6.20 Å². The lowest BCUT2D eigenvalue weighted by atomic mass is 10.3. The summed E-state index contributed by atoms with van der Waals surface area (Å²) in [6.45, 7) is 0. The molecule has 2 N–H and O–H groups in total. The molecular weight excluding hydrogens is 321 g/mol. The number of aromatic nitrogens is 1. The minimum Gasteiger partial charge on any atom is -0.435 e. The van der Waals surface area contributed by atoms with Gasteiger partial charge in [0, 0.05) is 6.07 Å². The number of ether oxygens (including phenoxy) is 1. The van der Waals surface area contributed by atoms with Crippen molar-refractivity contribution in [1.82, 2.24) is 4.98 Å². The number of benzene rings is 1. The van der Waals surface area contributed by atoms with E-state index in [1.807, 2.05) is 0 Å². The van der Waals surface area contributed by atoms with Gasteiger partial charge in [0.15, 0.2) is 11.6 Å². The van der Waals surface area contributed by atoms with Crippen LogP contribution in [0, 0.1) is 15.9 Å². The summed E-state index contributed by atoms with van der Waals surface area (Å²) in [5.41, 5.74) is 5.57. The second-order valence-corrected chi connectivity index (χ2v) is 4.38. The molecule has 1 aromatic heterocycles. The number of nitrogens with two attached hydrogens (primary N) is 1. The Balaban J connectivity index is 2.31. The number of anilines is 1. The number of rotatable bonds is 3. The number of halogens is 2. The van der Waals surface area contributed by atoms with Gasteiger partial charge in [-0.3, -0.25) is 10.1 Å². The second-order valence-electron chi connectivity index (χ2n) is 3.53. The summed E-state index contributed by atoms with van der Waals surface area (Å²) >= 11 is 3.17. The highest BCUT2D eigenvalue weighted by molar-refractivity contribution is 9.10. The molecule has 2 aromatic rings. The fourth-order valence-corrected chi connectivity index (χ4v) is 1.75. The number of nitrogen functional groups attached to an aromatic ring is 1. The molecule has 19 heavy (non-hydrogen) atoms. The quantitative estimate of drug-likeness (QED) is 0.690. The molecule has 0 aliphatic heterocycles. The summed E-state index contributed by atoms with van der Waals surface area (Å²) < 4.78 is 19.3. The van der Waals surface area contributed by atoms with Crippen molar-refractivity contribution in [2.45, 2.75) is 0 Å². The predicted octanol–water partition coefficient (Wildman–Crippen LogP) is 3.27. The number of hydrogen-bond acceptors (Lipinski definition) is 5. The van der Waals surface area contributed by atoms with Gasteiger partial charge in [0.05, 0.1) is 27.3 Å². The normalized spacial score (nSPS) is 10.2. The Morgan fingerprint density at radius 1 is 1.42 bits per heavy atom. The lowest BCUT2D eigenvalue weighted by Crippen LogP contribution is -1.95. The maximum Gasteiger partial charge on any atom is 0.272 e. The van der Waals surface area contributed by atoms with Crippen molar-refractivity contribution in [2.75, 3.05) is 5.73 Å². The Labute approximate surface area is 115 Å². The smallest absolute Gasteiger partial charge is 0.272 e. The zero-order chi connectivity index (χ0) is 14.0. The largest absolute Gasteiger partial charge is 0.435 e. The first-order valence-electron chi connectivity index (χ1n) is 5.00. The van der Waals surface area contributed by atoms with Gasteiger partial charge < -0.3 is 10.5 Å². The molecule has 0 aliphatic carbocycles. The zero-order valence-corrected chi connectivity index (χ0v) is 10.9. The third-order valence-electron chi connectivity index (χ3n) is 2.16. The van der Waals surface area contributed by atoms with E-state index in [4.69, 9.17) is 10.5 Å². The Hall–Kier alpha value is -2.22. The zero-order valence-electron chi connectivity index (χ0n) is 9.34. The van der Waals surface area contributed by atoms with Gasteiger partial charge in [-0.2, -0.15) is 0 Å². The van der Waals surface area contributed by atoms with Crippen molar-refractivity contribution in [1.29, 1.82) is 0 Å². The molecule has 0 radical (unpaired) electrons. The molecule has 1 aromatic carbocycles. The summed E-state index contributed by atoms with van der Waals surface area (Å²) in [7, 11) is 0. The van der Waals surface area contributed by atoms with Crippen LogP contribution >= 0.6 is 15.9 Å². The molecule has 2 rings (SSSR count). The van der Waals surface area contributed by atoms with Gasteiger partial charge in [-0.25, -0.2) is 9.37 Å². The molecule has 1 heterocycles. The first-order valence-corrected chi connectivity index (χ1v) is 5.79. The molecule has 0 fully saturated rings. The van der Waals surface area contributed by atoms with Gasteiger partial charge in [0.25, 0.3) is 5.69 Å². The van der Waals surface area contributed by atoms with Crippen LogP contribution in [0.15, 0.2) is 34.9 Å². The topological polar surface area (TPSA) is 91.3 Å². The SMILES string of the molecule is Nc1cnc(Oc2ccc([N+](=O)[O-])cc2F)c(Br)c1. The molecule has 8 heteroatoms. The van der Waals surface area contributed by atoms with Crippen molar-refractivity contribution in [3.63, 3.8) is 0 Å². The van der Waals surface area contributed by atoms with Gasteiger partial charge in [0.1, 0.15) is 0 Å². The number of nitro groups is 1. The molecule has 0 bridgehead atoms. The monoisotopic (exact) mass is 327 g/mol. The van der Waals surface area contributed by atoms with Gasteiger partial charge in [-0.15, -0.1) is 0 Å². The predicted molar refractivity (Wildman–Crippen MR) is 69.5 cm³/mol. The van der Waals surface area contributed by atoms with Crippen molar-refractivity contribution < 1.29 is 14.1 Å². The summed E-state index contributed by atoms with van der Waals surface area (Å²) in [6.07, 6.45) is 1.35. The average Bonchev–Trinajstić information content (AvgIpc) is 2.34. The summed E-state index contributed by atoms with van der Waals surface area (Å²) in [6, 6.07) is 4.63.